The minimum absolute atomic E-state index is 0.687. The molecule has 3 aromatic rings. The molecule has 0 aliphatic carbocycles. The van der Waals surface area contributed by atoms with E-state index in [0.717, 1.165) is 46.7 Å². The van der Waals surface area contributed by atoms with E-state index in [1.165, 1.54) is 10.4 Å². The smallest absolute Gasteiger partial charge is 0.191 e. The van der Waals surface area contributed by atoms with Crippen molar-refractivity contribution in [3.05, 3.63) is 64.7 Å². The topological polar surface area (TPSA) is 67.8 Å². The van der Waals surface area contributed by atoms with Crippen molar-refractivity contribution in [1.82, 2.24) is 15.6 Å². The maximum Gasteiger partial charge on any atom is 0.191 e. The largest absolute Gasteiger partial charge is 0.493 e. The van der Waals surface area contributed by atoms with Gasteiger partial charge in [0.05, 0.1) is 26.5 Å². The van der Waals surface area contributed by atoms with Crippen LogP contribution < -0.4 is 20.1 Å². The molecule has 0 atom stereocenters. The van der Waals surface area contributed by atoms with Crippen LogP contribution in [0.1, 0.15) is 16.1 Å². The molecule has 0 fully saturated rings. The predicted octanol–water partition coefficient (Wildman–Crippen LogP) is 4.04. The summed E-state index contributed by atoms with van der Waals surface area (Å²) >= 11 is 1.71. The molecule has 0 spiro atoms. The number of methoxy groups -OCH3 is 2. The summed E-state index contributed by atoms with van der Waals surface area (Å²) in [4.78, 5) is 10.2. The fourth-order valence-electron chi connectivity index (χ4n) is 3.04. The molecule has 6 nitrogen and oxygen atoms in total. The van der Waals surface area contributed by atoms with Gasteiger partial charge in [0.25, 0.3) is 0 Å². The first-order chi connectivity index (χ1) is 14.6. The lowest BCUT2D eigenvalue weighted by Gasteiger charge is -2.12. The molecule has 0 saturated carbocycles. The van der Waals surface area contributed by atoms with Gasteiger partial charge in [0.1, 0.15) is 5.01 Å². The third kappa shape index (κ3) is 5.51. The summed E-state index contributed by atoms with van der Waals surface area (Å²) in [6, 6.07) is 16.2. The van der Waals surface area contributed by atoms with E-state index < -0.39 is 0 Å². The molecule has 3 rings (SSSR count). The van der Waals surface area contributed by atoms with E-state index in [9.17, 15) is 0 Å². The number of benzene rings is 2. The fraction of sp³-hybridized carbons (Fsp3) is 0.304. The van der Waals surface area contributed by atoms with Gasteiger partial charge >= 0.3 is 0 Å². The van der Waals surface area contributed by atoms with Gasteiger partial charge in [-0.1, -0.05) is 36.4 Å². The van der Waals surface area contributed by atoms with Crippen LogP contribution in [0.15, 0.2) is 53.5 Å². The first kappa shape index (κ1) is 21.6. The van der Waals surface area contributed by atoms with Gasteiger partial charge in [-0.05, 0) is 31.0 Å². The molecule has 0 saturated heterocycles. The van der Waals surface area contributed by atoms with Crippen LogP contribution >= 0.6 is 11.3 Å². The molecular weight excluding hydrogens is 396 g/mol. The molecule has 1 aromatic heterocycles. The molecule has 2 aromatic carbocycles. The summed E-state index contributed by atoms with van der Waals surface area (Å²) in [5.74, 6) is 2.25. The van der Waals surface area contributed by atoms with Crippen LogP contribution in [0.3, 0.4) is 0 Å². The highest BCUT2D eigenvalue weighted by Gasteiger charge is 2.10. The Morgan fingerprint density at radius 3 is 2.50 bits per heavy atom. The van der Waals surface area contributed by atoms with Gasteiger partial charge in [-0.3, -0.25) is 4.99 Å². The summed E-state index contributed by atoms with van der Waals surface area (Å²) in [6.45, 7) is 3.49. The minimum atomic E-state index is 0.687. The standard InChI is InChI=1S/C23H28N4O2S/c1-16-21(30-22(27-16)18-8-6-5-7-9-18)15-26-23(24-2)25-13-12-17-10-11-19(28-3)20(14-17)29-4/h5-11,14H,12-13,15H2,1-4H3,(H2,24,25,26). The second kappa shape index (κ2) is 10.6. The molecule has 7 heteroatoms. The van der Waals surface area contributed by atoms with E-state index in [2.05, 4.69) is 27.8 Å². The summed E-state index contributed by atoms with van der Waals surface area (Å²) in [5.41, 5.74) is 3.36. The van der Waals surface area contributed by atoms with Crippen molar-refractivity contribution in [2.75, 3.05) is 27.8 Å². The average Bonchev–Trinajstić information content (AvgIpc) is 3.17. The molecule has 0 aliphatic heterocycles. The number of ether oxygens (including phenoxy) is 2. The van der Waals surface area contributed by atoms with Gasteiger partial charge in [-0.25, -0.2) is 4.98 Å². The zero-order valence-corrected chi connectivity index (χ0v) is 18.7. The van der Waals surface area contributed by atoms with Gasteiger partial charge in [0.15, 0.2) is 17.5 Å². The quantitative estimate of drug-likeness (QED) is 0.422. The number of hydrogen-bond donors (Lipinski definition) is 2. The molecule has 158 valence electrons. The van der Waals surface area contributed by atoms with Crippen molar-refractivity contribution in [2.45, 2.75) is 19.9 Å². The second-order valence-electron chi connectivity index (χ2n) is 6.69. The first-order valence-corrected chi connectivity index (χ1v) is 10.6. The van der Waals surface area contributed by atoms with E-state index >= 15 is 0 Å². The van der Waals surface area contributed by atoms with E-state index in [4.69, 9.17) is 14.5 Å². The van der Waals surface area contributed by atoms with E-state index in [1.54, 1.807) is 32.6 Å². The number of rotatable bonds is 8. The zero-order chi connectivity index (χ0) is 21.3. The van der Waals surface area contributed by atoms with Crippen molar-refractivity contribution in [3.63, 3.8) is 0 Å². The SMILES string of the molecule is CN=C(NCCc1ccc(OC)c(OC)c1)NCc1sc(-c2ccccc2)nc1C. The Morgan fingerprint density at radius 2 is 1.80 bits per heavy atom. The number of nitrogens with zero attached hydrogens (tertiary/aromatic N) is 2. The Hall–Kier alpha value is -3.06. The maximum atomic E-state index is 5.37. The lowest BCUT2D eigenvalue weighted by atomic mass is 10.1. The predicted molar refractivity (Wildman–Crippen MR) is 124 cm³/mol. The number of aryl methyl sites for hydroxylation is 1. The molecule has 1 heterocycles. The number of hydrogen-bond acceptors (Lipinski definition) is 5. The van der Waals surface area contributed by atoms with E-state index in [0.29, 0.717) is 6.54 Å². The monoisotopic (exact) mass is 424 g/mol. The number of aliphatic imine (C=N–C) groups is 1. The normalized spacial score (nSPS) is 11.3. The highest BCUT2D eigenvalue weighted by Crippen LogP contribution is 2.28. The van der Waals surface area contributed by atoms with Crippen LogP contribution in [0.2, 0.25) is 0 Å². The molecule has 0 amide bonds. The number of guanidine groups is 1. The van der Waals surface area contributed by atoms with Crippen molar-refractivity contribution in [2.24, 2.45) is 4.99 Å². The Labute approximate surface area is 182 Å². The second-order valence-corrected chi connectivity index (χ2v) is 7.77. The number of nitrogens with one attached hydrogen (secondary N) is 2. The number of thiazole rings is 1. The Bertz CT molecular complexity index is 986. The fourth-order valence-corrected chi connectivity index (χ4v) is 4.05. The molecule has 0 aliphatic rings. The van der Waals surface area contributed by atoms with Gasteiger partial charge in [-0.2, -0.15) is 0 Å². The van der Waals surface area contributed by atoms with Gasteiger partial charge in [-0.15, -0.1) is 11.3 Å². The van der Waals surface area contributed by atoms with Crippen LogP contribution in [-0.4, -0.2) is 38.8 Å². The molecule has 0 unspecified atom stereocenters. The maximum absolute atomic E-state index is 5.37. The molecule has 30 heavy (non-hydrogen) atoms. The lowest BCUT2D eigenvalue weighted by Crippen LogP contribution is -2.37. The van der Waals surface area contributed by atoms with Crippen molar-refractivity contribution < 1.29 is 9.47 Å². The highest BCUT2D eigenvalue weighted by atomic mass is 32.1. The van der Waals surface area contributed by atoms with Crippen molar-refractivity contribution >= 4 is 17.3 Å². The Kier molecular flexibility index (Phi) is 7.68. The third-order valence-corrected chi connectivity index (χ3v) is 5.91. The molecule has 2 N–H and O–H groups in total. The van der Waals surface area contributed by atoms with Gasteiger partial charge in [0, 0.05) is 24.0 Å². The summed E-state index contributed by atoms with van der Waals surface area (Å²) in [5, 5.41) is 7.79. The van der Waals surface area contributed by atoms with E-state index in [-0.39, 0.29) is 0 Å². The van der Waals surface area contributed by atoms with Crippen LogP contribution in [0.5, 0.6) is 11.5 Å². The number of aromatic nitrogens is 1. The zero-order valence-electron chi connectivity index (χ0n) is 17.9. The minimum Gasteiger partial charge on any atom is -0.493 e. The summed E-state index contributed by atoms with van der Waals surface area (Å²) < 4.78 is 10.7. The van der Waals surface area contributed by atoms with Crippen LogP contribution in [0.25, 0.3) is 10.6 Å². The molecule has 0 bridgehead atoms. The Morgan fingerprint density at radius 1 is 1.03 bits per heavy atom. The summed E-state index contributed by atoms with van der Waals surface area (Å²) in [6.07, 6.45) is 0.846. The first-order valence-electron chi connectivity index (χ1n) is 9.81. The average molecular weight is 425 g/mol. The van der Waals surface area contributed by atoms with Crippen LogP contribution in [-0.2, 0) is 13.0 Å². The van der Waals surface area contributed by atoms with Gasteiger partial charge < -0.3 is 20.1 Å². The van der Waals surface area contributed by atoms with Crippen molar-refractivity contribution in [3.8, 4) is 22.1 Å². The third-order valence-electron chi connectivity index (χ3n) is 4.71. The van der Waals surface area contributed by atoms with Crippen LogP contribution in [0.4, 0.5) is 0 Å². The van der Waals surface area contributed by atoms with E-state index in [1.807, 2.05) is 43.3 Å². The lowest BCUT2D eigenvalue weighted by molar-refractivity contribution is 0.354. The molecule has 0 radical (unpaired) electrons. The summed E-state index contributed by atoms with van der Waals surface area (Å²) in [7, 11) is 5.07. The highest BCUT2D eigenvalue weighted by molar-refractivity contribution is 7.15. The molecular formula is C23H28N4O2S. The Balaban J connectivity index is 1.53. The van der Waals surface area contributed by atoms with Crippen LogP contribution in [0, 0.1) is 6.92 Å². The van der Waals surface area contributed by atoms with Crippen molar-refractivity contribution in [1.29, 1.82) is 0 Å². The van der Waals surface area contributed by atoms with Gasteiger partial charge in [0.2, 0.25) is 0 Å².